The molecule has 0 unspecified atom stereocenters. The molecule has 3 rings (SSSR count). The van der Waals surface area contributed by atoms with E-state index in [9.17, 15) is 9.18 Å². The number of aldehydes is 1. The van der Waals surface area contributed by atoms with Crippen molar-refractivity contribution in [2.75, 3.05) is 0 Å². The fourth-order valence-electron chi connectivity index (χ4n) is 2.28. The molecule has 0 amide bonds. The van der Waals surface area contributed by atoms with Gasteiger partial charge in [0.15, 0.2) is 11.6 Å². The van der Waals surface area contributed by atoms with Gasteiger partial charge >= 0.3 is 0 Å². The molecule has 0 aromatic heterocycles. The lowest BCUT2D eigenvalue weighted by atomic mass is 10.1. The van der Waals surface area contributed by atoms with Crippen molar-refractivity contribution < 1.29 is 13.9 Å². The number of benzene rings is 3. The Hall–Kier alpha value is -2.68. The minimum atomic E-state index is -0.528. The smallest absolute Gasteiger partial charge is 0.165 e. The fraction of sp³-hybridized carbons (Fsp3) is 0.0556. The molecule has 0 fully saturated rings. The van der Waals surface area contributed by atoms with E-state index in [4.69, 9.17) is 4.74 Å². The average Bonchev–Trinajstić information content (AvgIpc) is 2.53. The zero-order valence-corrected chi connectivity index (χ0v) is 11.3. The molecule has 2 nitrogen and oxygen atoms in total. The predicted octanol–water partition coefficient (Wildman–Crippen LogP) is 4.37. The number of hydrogen-bond donors (Lipinski definition) is 0. The van der Waals surface area contributed by atoms with Crippen LogP contribution in [0.25, 0.3) is 10.8 Å². The summed E-state index contributed by atoms with van der Waals surface area (Å²) in [6, 6.07) is 18.1. The number of ether oxygens (including phenoxy) is 1. The maximum atomic E-state index is 13.8. The maximum absolute atomic E-state index is 13.8. The van der Waals surface area contributed by atoms with Crippen molar-refractivity contribution in [3.05, 3.63) is 77.6 Å². The van der Waals surface area contributed by atoms with Crippen molar-refractivity contribution >= 4 is 17.1 Å². The normalized spacial score (nSPS) is 10.5. The van der Waals surface area contributed by atoms with E-state index in [1.807, 2.05) is 42.5 Å². The van der Waals surface area contributed by atoms with Gasteiger partial charge in [-0.3, -0.25) is 4.79 Å². The summed E-state index contributed by atoms with van der Waals surface area (Å²) in [6.07, 6.45) is 0.609. The quantitative estimate of drug-likeness (QED) is 0.663. The van der Waals surface area contributed by atoms with Crippen LogP contribution in [0.2, 0.25) is 0 Å². The van der Waals surface area contributed by atoms with Gasteiger partial charge in [0.05, 0.1) is 0 Å². The molecule has 0 atom stereocenters. The Morgan fingerprint density at radius 1 is 1.00 bits per heavy atom. The molecule has 0 heterocycles. The largest absolute Gasteiger partial charge is 0.486 e. The monoisotopic (exact) mass is 280 g/mol. The van der Waals surface area contributed by atoms with E-state index in [2.05, 4.69) is 0 Å². The summed E-state index contributed by atoms with van der Waals surface area (Å²) in [6.45, 7) is 0.276. The SMILES string of the molecule is O=Cc1ccc(OCc2cccc3ccccc23)c(F)c1. The highest BCUT2D eigenvalue weighted by Crippen LogP contribution is 2.22. The van der Waals surface area contributed by atoms with Crippen molar-refractivity contribution in [3.8, 4) is 5.75 Å². The molecule has 0 N–H and O–H groups in total. The highest BCUT2D eigenvalue weighted by molar-refractivity contribution is 5.85. The van der Waals surface area contributed by atoms with Crippen LogP contribution in [0, 0.1) is 5.82 Å². The number of halogens is 1. The molecule has 3 heteroatoms. The first-order valence-electron chi connectivity index (χ1n) is 6.62. The van der Waals surface area contributed by atoms with Crippen LogP contribution in [0.3, 0.4) is 0 Å². The van der Waals surface area contributed by atoms with Crippen LogP contribution in [-0.2, 0) is 6.61 Å². The van der Waals surface area contributed by atoms with Crippen LogP contribution < -0.4 is 4.74 Å². The highest BCUT2D eigenvalue weighted by Gasteiger charge is 2.06. The molecule has 0 saturated heterocycles. The molecule has 0 radical (unpaired) electrons. The second-order valence-electron chi connectivity index (χ2n) is 4.73. The number of carbonyl (C=O) groups is 1. The Morgan fingerprint density at radius 3 is 2.62 bits per heavy atom. The topological polar surface area (TPSA) is 26.3 Å². The van der Waals surface area contributed by atoms with E-state index in [0.717, 1.165) is 16.3 Å². The molecule has 0 spiro atoms. The summed E-state index contributed by atoms with van der Waals surface area (Å²) in [4.78, 5) is 10.6. The van der Waals surface area contributed by atoms with Gasteiger partial charge in [0.25, 0.3) is 0 Å². The number of carbonyl (C=O) groups excluding carboxylic acids is 1. The Kier molecular flexibility index (Phi) is 3.65. The zero-order valence-electron chi connectivity index (χ0n) is 11.3. The van der Waals surface area contributed by atoms with Crippen LogP contribution in [0.15, 0.2) is 60.7 Å². The summed E-state index contributed by atoms with van der Waals surface area (Å²) >= 11 is 0. The molecular weight excluding hydrogens is 267 g/mol. The third-order valence-corrected chi connectivity index (χ3v) is 3.36. The highest BCUT2D eigenvalue weighted by atomic mass is 19.1. The molecule has 0 saturated carbocycles. The van der Waals surface area contributed by atoms with Crippen molar-refractivity contribution in [2.45, 2.75) is 6.61 Å². The van der Waals surface area contributed by atoms with E-state index in [1.54, 1.807) is 0 Å². The third-order valence-electron chi connectivity index (χ3n) is 3.36. The Bertz CT molecular complexity index is 791. The summed E-state index contributed by atoms with van der Waals surface area (Å²) in [5.41, 5.74) is 1.29. The van der Waals surface area contributed by atoms with Crippen LogP contribution in [-0.4, -0.2) is 6.29 Å². The average molecular weight is 280 g/mol. The lowest BCUT2D eigenvalue weighted by Crippen LogP contribution is -1.98. The minimum absolute atomic E-state index is 0.147. The van der Waals surface area contributed by atoms with Crippen LogP contribution in [0.1, 0.15) is 15.9 Å². The van der Waals surface area contributed by atoms with E-state index < -0.39 is 5.82 Å². The number of rotatable bonds is 4. The first-order chi connectivity index (χ1) is 10.3. The molecule has 0 bridgehead atoms. The van der Waals surface area contributed by atoms with E-state index in [0.29, 0.717) is 11.8 Å². The standard InChI is InChI=1S/C18H13FO2/c19-17-10-13(11-20)8-9-18(17)21-12-15-6-3-5-14-4-1-2-7-16(14)15/h1-11H,12H2. The maximum Gasteiger partial charge on any atom is 0.165 e. The summed E-state index contributed by atoms with van der Waals surface area (Å²) in [7, 11) is 0. The first kappa shape index (κ1) is 13.3. The second-order valence-corrected chi connectivity index (χ2v) is 4.73. The molecule has 21 heavy (non-hydrogen) atoms. The molecular formula is C18H13FO2. The molecule has 104 valence electrons. The van der Waals surface area contributed by atoms with E-state index >= 15 is 0 Å². The number of hydrogen-bond acceptors (Lipinski definition) is 2. The van der Waals surface area contributed by atoms with E-state index in [1.165, 1.54) is 18.2 Å². The van der Waals surface area contributed by atoms with Gasteiger partial charge < -0.3 is 4.74 Å². The van der Waals surface area contributed by atoms with Crippen LogP contribution in [0.4, 0.5) is 4.39 Å². The van der Waals surface area contributed by atoms with Crippen molar-refractivity contribution in [1.82, 2.24) is 0 Å². The van der Waals surface area contributed by atoms with Crippen LogP contribution >= 0.6 is 0 Å². The van der Waals surface area contributed by atoms with Gasteiger partial charge in [-0.1, -0.05) is 42.5 Å². The first-order valence-corrected chi connectivity index (χ1v) is 6.62. The molecule has 0 aliphatic heterocycles. The molecule has 0 aliphatic carbocycles. The Labute approximate surface area is 121 Å². The fourth-order valence-corrected chi connectivity index (χ4v) is 2.28. The van der Waals surface area contributed by atoms with Gasteiger partial charge in [0.2, 0.25) is 0 Å². The molecule has 3 aromatic rings. The van der Waals surface area contributed by atoms with Crippen molar-refractivity contribution in [2.24, 2.45) is 0 Å². The lowest BCUT2D eigenvalue weighted by molar-refractivity contribution is 0.112. The molecule has 3 aromatic carbocycles. The minimum Gasteiger partial charge on any atom is -0.486 e. The second kappa shape index (κ2) is 5.75. The van der Waals surface area contributed by atoms with Gasteiger partial charge in [-0.2, -0.15) is 0 Å². The Balaban J connectivity index is 1.85. The van der Waals surface area contributed by atoms with Gasteiger partial charge in [-0.25, -0.2) is 4.39 Å². The van der Waals surface area contributed by atoms with Crippen molar-refractivity contribution in [1.29, 1.82) is 0 Å². The van der Waals surface area contributed by atoms with E-state index in [-0.39, 0.29) is 12.4 Å². The van der Waals surface area contributed by atoms with Gasteiger partial charge in [0.1, 0.15) is 12.9 Å². The van der Waals surface area contributed by atoms with Crippen LogP contribution in [0.5, 0.6) is 5.75 Å². The number of fused-ring (bicyclic) bond motifs is 1. The summed E-state index contributed by atoms with van der Waals surface area (Å²) in [5.74, 6) is -0.381. The predicted molar refractivity (Wildman–Crippen MR) is 80.1 cm³/mol. The Morgan fingerprint density at radius 2 is 1.81 bits per heavy atom. The third kappa shape index (κ3) is 2.77. The zero-order chi connectivity index (χ0) is 14.7. The van der Waals surface area contributed by atoms with Gasteiger partial charge in [-0.05, 0) is 34.5 Å². The van der Waals surface area contributed by atoms with Gasteiger partial charge in [-0.15, -0.1) is 0 Å². The van der Waals surface area contributed by atoms with Gasteiger partial charge in [0, 0.05) is 5.56 Å². The summed E-state index contributed by atoms with van der Waals surface area (Å²) < 4.78 is 19.3. The van der Waals surface area contributed by atoms with Crippen molar-refractivity contribution in [3.63, 3.8) is 0 Å². The summed E-state index contributed by atoms with van der Waals surface area (Å²) in [5, 5.41) is 2.21. The molecule has 0 aliphatic rings. The lowest BCUT2D eigenvalue weighted by Gasteiger charge is -2.10.